The molecule has 0 aromatic carbocycles. The number of nitrogens with zero attached hydrogens (tertiary/aromatic N) is 4. The third-order valence-corrected chi connectivity index (χ3v) is 1.70. The number of aromatic nitrogens is 4. The van der Waals surface area contributed by atoms with Crippen molar-refractivity contribution in [3.63, 3.8) is 0 Å². The Labute approximate surface area is 75.9 Å². The minimum Gasteiger partial charge on any atom is -0.244 e. The minimum atomic E-state index is 0.978. The molecule has 0 saturated heterocycles. The van der Waals surface area contributed by atoms with Gasteiger partial charge in [-0.2, -0.15) is 0 Å². The molecule has 4 heteroatoms. The normalized spacial score (nSPS) is 9.92. The maximum atomic E-state index is 4.07. The molecule has 2 aromatic rings. The van der Waals surface area contributed by atoms with Crippen molar-refractivity contribution in [3.8, 4) is 11.1 Å². The van der Waals surface area contributed by atoms with Gasteiger partial charge in [-0.25, -0.2) is 14.5 Å². The van der Waals surface area contributed by atoms with Crippen LogP contribution in [0.5, 0.6) is 0 Å². The molecular formula is C9H9N4+. The van der Waals surface area contributed by atoms with Gasteiger partial charge in [0.25, 0.3) is 6.33 Å². The van der Waals surface area contributed by atoms with E-state index in [1.54, 1.807) is 24.9 Å². The molecule has 0 fully saturated rings. The summed E-state index contributed by atoms with van der Waals surface area (Å²) in [6.07, 6.45) is 10.6. The van der Waals surface area contributed by atoms with Crippen molar-refractivity contribution in [2.75, 3.05) is 0 Å². The van der Waals surface area contributed by atoms with E-state index < -0.39 is 0 Å². The Kier molecular flexibility index (Phi) is 1.96. The molecule has 0 saturated carbocycles. The summed E-state index contributed by atoms with van der Waals surface area (Å²) in [5.41, 5.74) is 2.00. The Morgan fingerprint density at radius 2 is 1.69 bits per heavy atom. The van der Waals surface area contributed by atoms with Crippen molar-refractivity contribution in [1.82, 2.24) is 15.0 Å². The molecule has 0 N–H and O–H groups in total. The van der Waals surface area contributed by atoms with Gasteiger partial charge in [-0.15, -0.1) is 0 Å². The Morgan fingerprint density at radius 1 is 1.00 bits per heavy atom. The molecule has 0 radical (unpaired) electrons. The summed E-state index contributed by atoms with van der Waals surface area (Å²) in [4.78, 5) is 12.0. The SMILES string of the molecule is C[n+]1cncc(-c2cncnc2)c1. The summed E-state index contributed by atoms with van der Waals surface area (Å²) in [5.74, 6) is 0. The highest BCUT2D eigenvalue weighted by molar-refractivity contribution is 5.57. The quantitative estimate of drug-likeness (QED) is 0.585. The molecule has 2 heterocycles. The molecule has 4 nitrogen and oxygen atoms in total. The van der Waals surface area contributed by atoms with E-state index in [9.17, 15) is 0 Å². The van der Waals surface area contributed by atoms with E-state index in [2.05, 4.69) is 15.0 Å². The Bertz CT molecular complexity index is 399. The number of rotatable bonds is 1. The smallest absolute Gasteiger partial charge is 0.244 e. The number of hydrogen-bond donors (Lipinski definition) is 0. The highest BCUT2D eigenvalue weighted by Gasteiger charge is 2.01. The molecular weight excluding hydrogens is 164 g/mol. The van der Waals surface area contributed by atoms with Crippen molar-refractivity contribution in [2.45, 2.75) is 0 Å². The van der Waals surface area contributed by atoms with Crippen LogP contribution in [0.25, 0.3) is 11.1 Å². The summed E-state index contributed by atoms with van der Waals surface area (Å²) in [6, 6.07) is 0. The number of hydrogen-bond acceptors (Lipinski definition) is 3. The fourth-order valence-corrected chi connectivity index (χ4v) is 1.10. The third-order valence-electron chi connectivity index (χ3n) is 1.70. The molecule has 0 bridgehead atoms. The first-order valence-corrected chi connectivity index (χ1v) is 3.92. The largest absolute Gasteiger partial charge is 0.285 e. The molecule has 0 unspecified atom stereocenters. The van der Waals surface area contributed by atoms with E-state index >= 15 is 0 Å². The molecule has 2 aromatic heterocycles. The summed E-state index contributed by atoms with van der Waals surface area (Å²) >= 11 is 0. The highest BCUT2D eigenvalue weighted by atomic mass is 15.0. The second-order valence-electron chi connectivity index (χ2n) is 2.77. The van der Waals surface area contributed by atoms with Crippen LogP contribution in [0.3, 0.4) is 0 Å². The van der Waals surface area contributed by atoms with E-state index in [-0.39, 0.29) is 0 Å². The lowest BCUT2D eigenvalue weighted by Gasteiger charge is -1.95. The zero-order valence-corrected chi connectivity index (χ0v) is 7.25. The lowest BCUT2D eigenvalue weighted by atomic mass is 10.2. The van der Waals surface area contributed by atoms with Gasteiger partial charge in [-0.05, 0) is 0 Å². The Morgan fingerprint density at radius 3 is 2.38 bits per heavy atom. The monoisotopic (exact) mass is 173 g/mol. The van der Waals surface area contributed by atoms with Crippen LogP contribution in [-0.2, 0) is 7.05 Å². The van der Waals surface area contributed by atoms with Crippen molar-refractivity contribution in [1.29, 1.82) is 0 Å². The highest BCUT2D eigenvalue weighted by Crippen LogP contribution is 2.12. The molecule has 0 spiro atoms. The van der Waals surface area contributed by atoms with E-state index in [0.717, 1.165) is 11.1 Å². The molecule has 64 valence electrons. The van der Waals surface area contributed by atoms with Crippen LogP contribution in [-0.4, -0.2) is 15.0 Å². The molecule has 13 heavy (non-hydrogen) atoms. The zero-order chi connectivity index (χ0) is 9.10. The fraction of sp³-hybridized carbons (Fsp3) is 0.111. The van der Waals surface area contributed by atoms with Gasteiger partial charge < -0.3 is 0 Å². The van der Waals surface area contributed by atoms with Gasteiger partial charge >= 0.3 is 0 Å². The van der Waals surface area contributed by atoms with Crippen molar-refractivity contribution in [3.05, 3.63) is 37.4 Å². The van der Waals surface area contributed by atoms with Gasteiger partial charge in [0.05, 0.1) is 12.6 Å². The molecule has 0 aliphatic rings. The van der Waals surface area contributed by atoms with Crippen LogP contribution < -0.4 is 4.57 Å². The Hall–Kier alpha value is -1.84. The van der Waals surface area contributed by atoms with Crippen molar-refractivity contribution >= 4 is 0 Å². The summed E-state index contributed by atoms with van der Waals surface area (Å²) in [6.45, 7) is 0. The average Bonchev–Trinajstić information content (AvgIpc) is 2.19. The van der Waals surface area contributed by atoms with Crippen LogP contribution in [0, 0.1) is 0 Å². The first kappa shape index (κ1) is 7.79. The zero-order valence-electron chi connectivity index (χ0n) is 7.25. The predicted octanol–water partition coefficient (Wildman–Crippen LogP) is 0.363. The second-order valence-corrected chi connectivity index (χ2v) is 2.77. The summed E-state index contributed by atoms with van der Waals surface area (Å²) < 4.78 is 1.89. The topological polar surface area (TPSA) is 42.5 Å². The van der Waals surface area contributed by atoms with Gasteiger partial charge in [0, 0.05) is 18.0 Å². The van der Waals surface area contributed by atoms with Crippen LogP contribution in [0.4, 0.5) is 0 Å². The van der Waals surface area contributed by atoms with Gasteiger partial charge in [-0.3, -0.25) is 0 Å². The predicted molar refractivity (Wildman–Crippen MR) is 46.4 cm³/mol. The standard InChI is InChI=1S/C9H9N4/c1-13-5-9(4-12-7-13)8-2-10-6-11-3-8/h2-7H,1H3/q+1. The minimum absolute atomic E-state index is 0.978. The van der Waals surface area contributed by atoms with Gasteiger partial charge in [0.2, 0.25) is 0 Å². The maximum Gasteiger partial charge on any atom is 0.285 e. The van der Waals surface area contributed by atoms with Crippen LogP contribution in [0.1, 0.15) is 0 Å². The van der Waals surface area contributed by atoms with Gasteiger partial charge in [0.15, 0.2) is 6.20 Å². The van der Waals surface area contributed by atoms with E-state index in [4.69, 9.17) is 0 Å². The molecule has 0 atom stereocenters. The van der Waals surface area contributed by atoms with Crippen molar-refractivity contribution < 1.29 is 4.57 Å². The third kappa shape index (κ3) is 1.66. The van der Waals surface area contributed by atoms with E-state index in [1.807, 2.05) is 17.8 Å². The first-order valence-electron chi connectivity index (χ1n) is 3.92. The lowest BCUT2D eigenvalue weighted by Crippen LogP contribution is -2.27. The second kappa shape index (κ2) is 3.26. The molecule has 0 aliphatic heterocycles. The fourth-order valence-electron chi connectivity index (χ4n) is 1.10. The summed E-state index contributed by atoms with van der Waals surface area (Å²) in [7, 11) is 1.93. The number of aryl methyl sites for hydroxylation is 1. The molecule has 2 rings (SSSR count). The van der Waals surface area contributed by atoms with E-state index in [1.165, 1.54) is 6.33 Å². The van der Waals surface area contributed by atoms with E-state index in [0.29, 0.717) is 0 Å². The van der Waals surface area contributed by atoms with Crippen LogP contribution >= 0.6 is 0 Å². The average molecular weight is 173 g/mol. The maximum absolute atomic E-state index is 4.07. The van der Waals surface area contributed by atoms with Crippen molar-refractivity contribution in [2.24, 2.45) is 7.05 Å². The first-order chi connectivity index (χ1) is 6.36. The van der Waals surface area contributed by atoms with Gasteiger partial charge in [-0.1, -0.05) is 4.98 Å². The molecule has 0 amide bonds. The van der Waals surface area contributed by atoms with Crippen LogP contribution in [0.15, 0.2) is 37.4 Å². The van der Waals surface area contributed by atoms with Crippen LogP contribution in [0.2, 0.25) is 0 Å². The van der Waals surface area contributed by atoms with Gasteiger partial charge in [0.1, 0.15) is 12.5 Å². The Balaban J connectivity index is 2.48. The summed E-state index contributed by atoms with van der Waals surface area (Å²) in [5, 5.41) is 0. The lowest BCUT2D eigenvalue weighted by molar-refractivity contribution is -0.674. The molecule has 0 aliphatic carbocycles.